The SMILES string of the molecule is N/C(=C\CC/C(O)=C(\O)O[C@H]1OC(CO)[C@@H](N)CC1O)[C@H](O)O[C@@H]1C(N)C[C@@H](N)C(O)C1F. The van der Waals surface area contributed by atoms with Crippen molar-refractivity contribution in [2.75, 3.05) is 6.61 Å². The van der Waals surface area contributed by atoms with Gasteiger partial charge in [0.05, 0.1) is 12.3 Å². The summed E-state index contributed by atoms with van der Waals surface area (Å²) in [6.07, 6.45) is -8.60. The van der Waals surface area contributed by atoms with E-state index in [1.165, 1.54) is 6.08 Å². The maximum atomic E-state index is 14.3. The van der Waals surface area contributed by atoms with Gasteiger partial charge in [-0.3, -0.25) is 0 Å². The van der Waals surface area contributed by atoms with E-state index in [2.05, 4.69) is 0 Å². The fourth-order valence-corrected chi connectivity index (χ4v) is 3.61. The molecule has 0 radical (unpaired) electrons. The zero-order valence-corrected chi connectivity index (χ0v) is 18.0. The smallest absolute Gasteiger partial charge is 0.318 e. The Bertz CT molecular complexity index is 700. The van der Waals surface area contributed by atoms with Crippen LogP contribution in [0.2, 0.25) is 0 Å². The molecule has 2 rings (SSSR count). The van der Waals surface area contributed by atoms with Crippen LogP contribution in [0.5, 0.6) is 0 Å². The van der Waals surface area contributed by atoms with Crippen molar-refractivity contribution < 1.29 is 49.2 Å². The average Bonchev–Trinajstić information content (AvgIpc) is 2.76. The van der Waals surface area contributed by atoms with Crippen molar-refractivity contribution in [3.8, 4) is 0 Å². The molecule has 0 spiro atoms. The second-order valence-electron chi connectivity index (χ2n) is 8.26. The lowest BCUT2D eigenvalue weighted by molar-refractivity contribution is -0.248. The van der Waals surface area contributed by atoms with E-state index >= 15 is 0 Å². The lowest BCUT2D eigenvalue weighted by Crippen LogP contribution is -2.61. The highest BCUT2D eigenvalue weighted by molar-refractivity contribution is 5.04. The number of hydrogen-bond acceptors (Lipinski definition) is 13. The zero-order chi connectivity index (χ0) is 24.9. The molecule has 1 saturated carbocycles. The van der Waals surface area contributed by atoms with Gasteiger partial charge < -0.3 is 67.8 Å². The fraction of sp³-hybridized carbons (Fsp3) is 0.789. The molecule has 2 aliphatic rings. The summed E-state index contributed by atoms with van der Waals surface area (Å²) >= 11 is 0. The van der Waals surface area contributed by atoms with Crippen LogP contribution in [-0.4, -0.2) is 98.5 Å². The van der Waals surface area contributed by atoms with Crippen molar-refractivity contribution >= 4 is 0 Å². The molecule has 14 heteroatoms. The first kappa shape index (κ1) is 27.5. The molecular weight excluding hydrogens is 447 g/mol. The molecule has 2 fully saturated rings. The molecule has 0 bridgehead atoms. The van der Waals surface area contributed by atoms with Crippen LogP contribution in [-0.2, 0) is 14.2 Å². The van der Waals surface area contributed by atoms with E-state index < -0.39 is 79.6 Å². The molecule has 5 unspecified atom stereocenters. The predicted octanol–water partition coefficient (Wildman–Crippen LogP) is -2.83. The van der Waals surface area contributed by atoms with Crippen molar-refractivity contribution in [2.24, 2.45) is 22.9 Å². The van der Waals surface area contributed by atoms with Crippen LogP contribution in [0, 0.1) is 0 Å². The molecule has 14 N–H and O–H groups in total. The van der Waals surface area contributed by atoms with Crippen molar-refractivity contribution in [3.05, 3.63) is 23.5 Å². The third-order valence-electron chi connectivity index (χ3n) is 5.65. The monoisotopic (exact) mass is 482 g/mol. The summed E-state index contributed by atoms with van der Waals surface area (Å²) in [5, 5.41) is 58.9. The lowest BCUT2D eigenvalue weighted by atomic mass is 9.85. The van der Waals surface area contributed by atoms with Crippen molar-refractivity contribution in [1.82, 2.24) is 0 Å². The molecule has 0 aromatic rings. The molecule has 13 nitrogen and oxygen atoms in total. The number of hydrogen-bond donors (Lipinski definition) is 10. The zero-order valence-electron chi connectivity index (χ0n) is 18.0. The van der Waals surface area contributed by atoms with Gasteiger partial charge in [0, 0.05) is 24.5 Å². The molecule has 1 saturated heterocycles. The molecule has 1 heterocycles. The maximum absolute atomic E-state index is 14.3. The van der Waals surface area contributed by atoms with Crippen molar-refractivity contribution in [2.45, 2.75) is 87.0 Å². The van der Waals surface area contributed by atoms with E-state index in [-0.39, 0.29) is 31.4 Å². The van der Waals surface area contributed by atoms with E-state index in [0.717, 1.165) is 0 Å². The van der Waals surface area contributed by atoms with Gasteiger partial charge in [-0.25, -0.2) is 4.39 Å². The summed E-state index contributed by atoms with van der Waals surface area (Å²) < 4.78 is 29.7. The Balaban J connectivity index is 1.87. The fourth-order valence-electron chi connectivity index (χ4n) is 3.61. The third-order valence-corrected chi connectivity index (χ3v) is 5.65. The number of alkyl halides is 1. The van der Waals surface area contributed by atoms with Crippen LogP contribution < -0.4 is 22.9 Å². The van der Waals surface area contributed by atoms with Crippen LogP contribution in [0.4, 0.5) is 4.39 Å². The van der Waals surface area contributed by atoms with Gasteiger partial charge in [0.1, 0.15) is 24.4 Å². The Labute approximate surface area is 190 Å². The summed E-state index contributed by atoms with van der Waals surface area (Å²) in [6, 6.07) is -2.34. The first-order valence-corrected chi connectivity index (χ1v) is 10.6. The maximum Gasteiger partial charge on any atom is 0.318 e. The van der Waals surface area contributed by atoms with E-state index in [1.807, 2.05) is 0 Å². The summed E-state index contributed by atoms with van der Waals surface area (Å²) in [5.74, 6) is -1.51. The highest BCUT2D eigenvalue weighted by Gasteiger charge is 2.43. The standard InChI is InChI=1S/C19H35FN4O9/c20-14-15(28)9(23)4-10(24)16(14)32-17(29)7(21)2-1-3-11(26)18(30)33-19-12(27)5-8(22)13(6-25)31-19/h2,8-10,12-17,19,25-30H,1,3-6,21-24H2/b7-2-,18-11-/t8-,9+,10?,12?,13?,14?,15?,16+,17+,19+/m0/s1. The van der Waals surface area contributed by atoms with Crippen molar-refractivity contribution in [1.29, 1.82) is 0 Å². The largest absolute Gasteiger partial charge is 0.506 e. The Morgan fingerprint density at radius 1 is 1.12 bits per heavy atom. The summed E-state index contributed by atoms with van der Waals surface area (Å²) in [6.45, 7) is -0.417. The van der Waals surface area contributed by atoms with E-state index in [4.69, 9.17) is 37.1 Å². The highest BCUT2D eigenvalue weighted by Crippen LogP contribution is 2.25. The number of allylic oxidation sites excluding steroid dienone is 2. The molecule has 192 valence electrons. The molecule has 1 aliphatic carbocycles. The number of rotatable bonds is 9. The minimum atomic E-state index is -1.91. The molecule has 1 aliphatic heterocycles. The van der Waals surface area contributed by atoms with E-state index in [9.17, 15) is 35.0 Å². The molecule has 0 aromatic heterocycles. The van der Waals surface area contributed by atoms with Gasteiger partial charge in [-0.05, 0) is 19.3 Å². The Morgan fingerprint density at radius 2 is 1.79 bits per heavy atom. The number of ether oxygens (including phenoxy) is 3. The van der Waals surface area contributed by atoms with Crippen molar-refractivity contribution in [3.63, 3.8) is 0 Å². The molecule has 0 aromatic carbocycles. The Morgan fingerprint density at radius 3 is 2.42 bits per heavy atom. The first-order valence-electron chi connectivity index (χ1n) is 10.6. The minimum Gasteiger partial charge on any atom is -0.506 e. The molecular formula is C19H35FN4O9. The second kappa shape index (κ2) is 12.1. The molecule has 33 heavy (non-hydrogen) atoms. The number of aliphatic hydroxyl groups excluding tert-OH is 6. The summed E-state index contributed by atoms with van der Waals surface area (Å²) in [4.78, 5) is 0. The van der Waals surface area contributed by atoms with Gasteiger partial charge in [0.2, 0.25) is 6.29 Å². The molecule has 0 amide bonds. The summed E-state index contributed by atoms with van der Waals surface area (Å²) in [5.41, 5.74) is 22.6. The van der Waals surface area contributed by atoms with Gasteiger partial charge in [-0.1, -0.05) is 6.08 Å². The van der Waals surface area contributed by atoms with Crippen LogP contribution in [0.1, 0.15) is 25.7 Å². The highest BCUT2D eigenvalue weighted by atomic mass is 19.1. The average molecular weight is 483 g/mol. The lowest BCUT2D eigenvalue weighted by Gasteiger charge is -2.39. The first-order chi connectivity index (χ1) is 15.5. The Hall–Kier alpha value is -1.75. The van der Waals surface area contributed by atoms with Crippen LogP contribution in [0.3, 0.4) is 0 Å². The number of aliphatic hydroxyl groups is 6. The van der Waals surface area contributed by atoms with Gasteiger partial charge in [0.15, 0.2) is 18.2 Å². The van der Waals surface area contributed by atoms with Gasteiger partial charge in [0.25, 0.3) is 0 Å². The van der Waals surface area contributed by atoms with Gasteiger partial charge in [-0.2, -0.15) is 0 Å². The summed E-state index contributed by atoms with van der Waals surface area (Å²) in [7, 11) is 0. The second-order valence-corrected chi connectivity index (χ2v) is 8.26. The normalized spacial score (nSPS) is 39.6. The topological polar surface area (TPSA) is 253 Å². The number of nitrogens with two attached hydrogens (primary N) is 4. The number of halogens is 1. The van der Waals surface area contributed by atoms with Gasteiger partial charge >= 0.3 is 5.95 Å². The minimum absolute atomic E-state index is 0.00694. The Kier molecular flexibility index (Phi) is 10.1. The quantitative estimate of drug-likeness (QED) is 0.118. The van der Waals surface area contributed by atoms with Crippen LogP contribution in [0.15, 0.2) is 23.5 Å². The molecule has 10 atom stereocenters. The van der Waals surface area contributed by atoms with E-state index in [1.54, 1.807) is 0 Å². The predicted molar refractivity (Wildman–Crippen MR) is 112 cm³/mol. The van der Waals surface area contributed by atoms with E-state index in [0.29, 0.717) is 0 Å². The van der Waals surface area contributed by atoms with Crippen LogP contribution >= 0.6 is 0 Å². The van der Waals surface area contributed by atoms with Crippen LogP contribution in [0.25, 0.3) is 0 Å². The third kappa shape index (κ3) is 7.11. The van der Waals surface area contributed by atoms with Gasteiger partial charge in [-0.15, -0.1) is 0 Å².